The highest BCUT2D eigenvalue weighted by Gasteiger charge is 2.18. The van der Waals surface area contributed by atoms with Crippen molar-refractivity contribution in [1.29, 1.82) is 0 Å². The van der Waals surface area contributed by atoms with Gasteiger partial charge in [-0.2, -0.15) is 5.10 Å². The van der Waals surface area contributed by atoms with Crippen LogP contribution in [-0.4, -0.2) is 35.8 Å². The van der Waals surface area contributed by atoms with Gasteiger partial charge in [-0.25, -0.2) is 15.0 Å². The van der Waals surface area contributed by atoms with Gasteiger partial charge in [0.25, 0.3) is 0 Å². The monoisotopic (exact) mass is 362 g/mol. The first kappa shape index (κ1) is 16.0. The van der Waals surface area contributed by atoms with Gasteiger partial charge in [0, 0.05) is 19.3 Å². The van der Waals surface area contributed by atoms with Crippen LogP contribution >= 0.6 is 0 Å². The molecular formula is C19H22N8. The zero-order valence-corrected chi connectivity index (χ0v) is 15.2. The Hall–Kier alpha value is -3.16. The van der Waals surface area contributed by atoms with E-state index in [0.29, 0.717) is 6.04 Å². The molecule has 138 valence electrons. The fraction of sp³-hybridized carbons (Fsp3) is 0.368. The zero-order chi connectivity index (χ0) is 18.2. The molecule has 0 amide bonds. The van der Waals surface area contributed by atoms with Gasteiger partial charge in [-0.15, -0.1) is 0 Å². The Balaban J connectivity index is 1.55. The van der Waals surface area contributed by atoms with Crippen molar-refractivity contribution < 1.29 is 0 Å². The van der Waals surface area contributed by atoms with Crippen molar-refractivity contribution in [3.05, 3.63) is 30.9 Å². The number of pyridine rings is 1. The first-order valence-corrected chi connectivity index (χ1v) is 9.42. The molecule has 0 bridgehead atoms. The topological polar surface area (TPSA) is 96.3 Å². The van der Waals surface area contributed by atoms with Gasteiger partial charge in [-0.3, -0.25) is 4.68 Å². The minimum atomic E-state index is 0.471. The predicted octanol–water partition coefficient (Wildman–Crippen LogP) is 3.73. The molecule has 4 aromatic heterocycles. The number of fused-ring (bicyclic) bond motifs is 3. The second-order valence-corrected chi connectivity index (χ2v) is 7.17. The number of nitrogens with one attached hydrogen (secondary N) is 3. The highest BCUT2D eigenvalue weighted by molar-refractivity contribution is 6.09. The van der Waals surface area contributed by atoms with E-state index in [-0.39, 0.29) is 0 Å². The summed E-state index contributed by atoms with van der Waals surface area (Å²) in [6.45, 7) is 0. The number of nitrogens with zero attached hydrogens (tertiary/aromatic N) is 5. The predicted molar refractivity (Wildman–Crippen MR) is 106 cm³/mol. The second kappa shape index (κ2) is 6.53. The van der Waals surface area contributed by atoms with Crippen LogP contribution in [0.25, 0.3) is 22.1 Å². The van der Waals surface area contributed by atoms with E-state index in [2.05, 4.69) is 30.7 Å². The summed E-state index contributed by atoms with van der Waals surface area (Å²) in [7, 11) is 1.89. The normalized spacial score (nSPS) is 15.4. The summed E-state index contributed by atoms with van der Waals surface area (Å²) in [5.74, 6) is 1.63. The Morgan fingerprint density at radius 3 is 2.85 bits per heavy atom. The van der Waals surface area contributed by atoms with Crippen molar-refractivity contribution in [2.24, 2.45) is 7.05 Å². The molecule has 0 spiro atoms. The zero-order valence-electron chi connectivity index (χ0n) is 15.2. The van der Waals surface area contributed by atoms with Crippen LogP contribution < -0.4 is 10.6 Å². The quantitative estimate of drug-likeness (QED) is 0.512. The first-order chi connectivity index (χ1) is 13.3. The van der Waals surface area contributed by atoms with Crippen molar-refractivity contribution in [2.45, 2.75) is 38.1 Å². The minimum Gasteiger partial charge on any atom is -0.367 e. The maximum Gasteiger partial charge on any atom is 0.145 e. The summed E-state index contributed by atoms with van der Waals surface area (Å²) in [5.41, 5.74) is 3.54. The molecule has 3 N–H and O–H groups in total. The number of hydrogen-bond donors (Lipinski definition) is 3. The maximum atomic E-state index is 4.82. The van der Waals surface area contributed by atoms with Crippen LogP contribution in [-0.2, 0) is 7.05 Å². The summed E-state index contributed by atoms with van der Waals surface area (Å²) < 4.78 is 1.76. The van der Waals surface area contributed by atoms with Crippen molar-refractivity contribution in [1.82, 2.24) is 29.7 Å². The van der Waals surface area contributed by atoms with Crippen LogP contribution in [0.15, 0.2) is 30.9 Å². The molecule has 27 heavy (non-hydrogen) atoms. The molecule has 4 heterocycles. The van der Waals surface area contributed by atoms with Crippen LogP contribution in [0, 0.1) is 0 Å². The first-order valence-electron chi connectivity index (χ1n) is 9.42. The van der Waals surface area contributed by atoms with E-state index < -0.39 is 0 Å². The lowest BCUT2D eigenvalue weighted by atomic mass is 9.95. The van der Waals surface area contributed by atoms with Crippen molar-refractivity contribution in [2.75, 3.05) is 10.6 Å². The third-order valence-corrected chi connectivity index (χ3v) is 5.16. The molecule has 0 aliphatic heterocycles. The van der Waals surface area contributed by atoms with Crippen molar-refractivity contribution in [3.8, 4) is 0 Å². The Bertz CT molecular complexity index is 1090. The fourth-order valence-corrected chi connectivity index (χ4v) is 3.84. The number of hydrogen-bond acceptors (Lipinski definition) is 6. The minimum absolute atomic E-state index is 0.471. The van der Waals surface area contributed by atoms with Crippen molar-refractivity contribution >= 4 is 39.4 Å². The van der Waals surface area contributed by atoms with Gasteiger partial charge in [-0.05, 0) is 25.0 Å². The fourth-order valence-electron chi connectivity index (χ4n) is 3.84. The standard InChI is InChI=1S/C19H22N8/c1-27-10-13(9-22-27)23-15-8-7-14-17(26-15)16-18(20-11-21-19(16)25-14)24-12-5-3-2-4-6-12/h7-12H,2-6H2,1H3,(H,23,26)(H2,20,21,24,25). The Morgan fingerprint density at radius 1 is 1.15 bits per heavy atom. The molecule has 4 aromatic rings. The van der Waals surface area contributed by atoms with E-state index in [4.69, 9.17) is 4.98 Å². The summed E-state index contributed by atoms with van der Waals surface area (Å²) >= 11 is 0. The molecule has 5 rings (SSSR count). The Labute approximate surface area is 156 Å². The molecule has 8 heteroatoms. The van der Waals surface area contributed by atoms with Gasteiger partial charge >= 0.3 is 0 Å². The molecule has 1 aliphatic carbocycles. The number of aromatic nitrogens is 6. The largest absolute Gasteiger partial charge is 0.367 e. The molecule has 0 radical (unpaired) electrons. The van der Waals surface area contributed by atoms with E-state index in [9.17, 15) is 0 Å². The van der Waals surface area contributed by atoms with Gasteiger partial charge < -0.3 is 15.6 Å². The smallest absolute Gasteiger partial charge is 0.145 e. The van der Waals surface area contributed by atoms with Gasteiger partial charge in [0.05, 0.1) is 22.8 Å². The maximum absolute atomic E-state index is 4.82. The summed E-state index contributed by atoms with van der Waals surface area (Å²) in [6, 6.07) is 4.44. The van der Waals surface area contributed by atoms with Crippen LogP contribution in [0.1, 0.15) is 32.1 Å². The van der Waals surface area contributed by atoms with Crippen LogP contribution in [0.3, 0.4) is 0 Å². The molecular weight excluding hydrogens is 340 g/mol. The molecule has 1 fully saturated rings. The highest BCUT2D eigenvalue weighted by atomic mass is 15.3. The second-order valence-electron chi connectivity index (χ2n) is 7.17. The van der Waals surface area contributed by atoms with Crippen LogP contribution in [0.4, 0.5) is 17.3 Å². The Kier molecular flexibility index (Phi) is 3.88. The molecule has 0 unspecified atom stereocenters. The van der Waals surface area contributed by atoms with Crippen LogP contribution in [0.5, 0.6) is 0 Å². The van der Waals surface area contributed by atoms with E-state index in [1.54, 1.807) is 17.2 Å². The average Bonchev–Trinajstić information content (AvgIpc) is 3.26. The van der Waals surface area contributed by atoms with E-state index in [0.717, 1.165) is 39.4 Å². The lowest BCUT2D eigenvalue weighted by Gasteiger charge is -2.23. The molecule has 0 aromatic carbocycles. The third kappa shape index (κ3) is 3.07. The van der Waals surface area contributed by atoms with Gasteiger partial charge in [0.2, 0.25) is 0 Å². The number of H-pyrrole nitrogens is 1. The van der Waals surface area contributed by atoms with Crippen molar-refractivity contribution in [3.63, 3.8) is 0 Å². The van der Waals surface area contributed by atoms with E-state index in [1.165, 1.54) is 32.1 Å². The number of rotatable bonds is 4. The SMILES string of the molecule is Cn1cc(Nc2ccc3[nH]c4ncnc(NC5CCCCC5)c4c3n2)cn1. The molecule has 1 aliphatic rings. The molecule has 8 nitrogen and oxygen atoms in total. The van der Waals surface area contributed by atoms with E-state index in [1.807, 2.05) is 25.4 Å². The summed E-state index contributed by atoms with van der Waals surface area (Å²) in [5, 5.41) is 12.1. The lowest BCUT2D eigenvalue weighted by molar-refractivity contribution is 0.462. The number of anilines is 3. The van der Waals surface area contributed by atoms with Gasteiger partial charge in [0.15, 0.2) is 0 Å². The highest BCUT2D eigenvalue weighted by Crippen LogP contribution is 2.31. The van der Waals surface area contributed by atoms with Gasteiger partial charge in [-0.1, -0.05) is 19.3 Å². The number of aryl methyl sites for hydroxylation is 1. The number of aromatic amines is 1. The summed E-state index contributed by atoms with van der Waals surface area (Å²) in [4.78, 5) is 17.1. The molecule has 1 saturated carbocycles. The summed E-state index contributed by atoms with van der Waals surface area (Å²) in [6.07, 6.45) is 11.6. The third-order valence-electron chi connectivity index (χ3n) is 5.16. The average molecular weight is 362 g/mol. The van der Waals surface area contributed by atoms with E-state index >= 15 is 0 Å². The lowest BCUT2D eigenvalue weighted by Crippen LogP contribution is -2.22. The Morgan fingerprint density at radius 2 is 2.04 bits per heavy atom. The molecule has 0 saturated heterocycles. The van der Waals surface area contributed by atoms with Gasteiger partial charge in [0.1, 0.15) is 29.1 Å². The van der Waals surface area contributed by atoms with Crippen LogP contribution in [0.2, 0.25) is 0 Å². The molecule has 0 atom stereocenters.